The number of ether oxygens (including phenoxy) is 2. The zero-order valence-electron chi connectivity index (χ0n) is 12.0. The van der Waals surface area contributed by atoms with E-state index in [0.29, 0.717) is 10.2 Å². The summed E-state index contributed by atoms with van der Waals surface area (Å²) < 4.78 is 40.2. The average molecular weight is 421 g/mol. The summed E-state index contributed by atoms with van der Waals surface area (Å²) in [6.45, 7) is 0.507. The number of aromatic nitrogens is 1. The third-order valence-electron chi connectivity index (χ3n) is 3.09. The molecule has 0 aliphatic rings. The van der Waals surface area contributed by atoms with Gasteiger partial charge < -0.3 is 14.0 Å². The Bertz CT molecular complexity index is 723. The maximum absolute atomic E-state index is 14.2. The summed E-state index contributed by atoms with van der Waals surface area (Å²) in [7, 11) is 2.98. The van der Waals surface area contributed by atoms with Gasteiger partial charge in [0.25, 0.3) is 5.56 Å². The normalized spacial score (nSPS) is 10.8. The van der Waals surface area contributed by atoms with Crippen LogP contribution in [0.2, 0.25) is 0 Å². The molecule has 0 aliphatic heterocycles. The van der Waals surface area contributed by atoms with Crippen LogP contribution in [0, 0.1) is 15.2 Å². The van der Waals surface area contributed by atoms with Crippen molar-refractivity contribution >= 4 is 22.6 Å². The second-order valence-electron chi connectivity index (χ2n) is 4.53. The number of halogens is 3. The van der Waals surface area contributed by atoms with E-state index in [1.807, 2.05) is 22.6 Å². The SMILES string of the molecule is COCCOc1cc(F)c(-c2ccc(I)c(=O)n2C)c(F)c1. The second kappa shape index (κ2) is 7.19. The molecule has 0 saturated heterocycles. The molecule has 1 aromatic carbocycles. The van der Waals surface area contributed by atoms with Crippen molar-refractivity contribution < 1.29 is 18.3 Å². The molecule has 22 heavy (non-hydrogen) atoms. The monoisotopic (exact) mass is 421 g/mol. The lowest BCUT2D eigenvalue weighted by molar-refractivity contribution is 0.146. The first-order valence-electron chi connectivity index (χ1n) is 6.42. The number of methoxy groups -OCH3 is 1. The largest absolute Gasteiger partial charge is 0.491 e. The van der Waals surface area contributed by atoms with Gasteiger partial charge in [-0.3, -0.25) is 4.79 Å². The van der Waals surface area contributed by atoms with Crippen molar-refractivity contribution in [1.82, 2.24) is 4.57 Å². The molecular weight excluding hydrogens is 407 g/mol. The van der Waals surface area contributed by atoms with E-state index >= 15 is 0 Å². The molecule has 0 fully saturated rings. The van der Waals surface area contributed by atoms with Crippen LogP contribution in [0.3, 0.4) is 0 Å². The summed E-state index contributed by atoms with van der Waals surface area (Å²) in [6, 6.07) is 5.23. The third-order valence-corrected chi connectivity index (χ3v) is 3.91. The van der Waals surface area contributed by atoms with Crippen LogP contribution in [0.1, 0.15) is 0 Å². The molecular formula is C15H14F2INO3. The molecule has 4 nitrogen and oxygen atoms in total. The molecule has 0 aliphatic carbocycles. The third kappa shape index (κ3) is 3.46. The van der Waals surface area contributed by atoms with Gasteiger partial charge >= 0.3 is 0 Å². The number of benzene rings is 1. The Morgan fingerprint density at radius 2 is 1.82 bits per heavy atom. The molecule has 1 heterocycles. The standard InChI is InChI=1S/C15H14F2INO3/c1-19-13(4-3-12(18)15(19)20)14-10(16)7-9(8-11(14)17)22-6-5-21-2/h3-4,7-8H,5-6H2,1-2H3. The van der Waals surface area contributed by atoms with Gasteiger partial charge in [0.1, 0.15) is 24.0 Å². The number of rotatable bonds is 5. The van der Waals surface area contributed by atoms with Crippen molar-refractivity contribution in [3.8, 4) is 17.0 Å². The summed E-state index contributed by atoms with van der Waals surface area (Å²) in [5, 5.41) is 0. The summed E-state index contributed by atoms with van der Waals surface area (Å²) in [4.78, 5) is 11.9. The zero-order valence-corrected chi connectivity index (χ0v) is 14.2. The Kier molecular flexibility index (Phi) is 5.52. The molecule has 0 saturated carbocycles. The maximum Gasteiger partial charge on any atom is 0.264 e. The first-order valence-corrected chi connectivity index (χ1v) is 7.50. The van der Waals surface area contributed by atoms with Gasteiger partial charge in [-0.1, -0.05) is 0 Å². The van der Waals surface area contributed by atoms with Crippen molar-refractivity contribution in [2.75, 3.05) is 20.3 Å². The van der Waals surface area contributed by atoms with Crippen LogP contribution in [0.4, 0.5) is 8.78 Å². The molecule has 0 unspecified atom stereocenters. The van der Waals surface area contributed by atoms with Gasteiger partial charge in [0.15, 0.2) is 0 Å². The molecule has 2 rings (SSSR count). The summed E-state index contributed by atoms with van der Waals surface area (Å²) in [6.07, 6.45) is 0. The Hall–Kier alpha value is -1.48. The molecule has 118 valence electrons. The van der Waals surface area contributed by atoms with Crippen molar-refractivity contribution in [3.05, 3.63) is 49.8 Å². The molecule has 2 aromatic rings. The van der Waals surface area contributed by atoms with Crippen molar-refractivity contribution in [3.63, 3.8) is 0 Å². The minimum Gasteiger partial charge on any atom is -0.491 e. The Balaban J connectivity index is 2.45. The fourth-order valence-electron chi connectivity index (χ4n) is 1.98. The van der Waals surface area contributed by atoms with Gasteiger partial charge in [-0.05, 0) is 34.7 Å². The average Bonchev–Trinajstić information content (AvgIpc) is 2.47. The smallest absolute Gasteiger partial charge is 0.264 e. The predicted molar refractivity (Wildman–Crippen MR) is 87.1 cm³/mol. The number of nitrogens with zero attached hydrogens (tertiary/aromatic N) is 1. The maximum atomic E-state index is 14.2. The summed E-state index contributed by atoms with van der Waals surface area (Å²) in [5.74, 6) is -1.50. The Morgan fingerprint density at radius 1 is 1.18 bits per heavy atom. The molecule has 0 bridgehead atoms. The lowest BCUT2D eigenvalue weighted by Crippen LogP contribution is -2.21. The highest BCUT2D eigenvalue weighted by Gasteiger charge is 2.17. The minimum absolute atomic E-state index is 0.0753. The molecule has 0 spiro atoms. The van der Waals surface area contributed by atoms with E-state index in [2.05, 4.69) is 0 Å². The highest BCUT2D eigenvalue weighted by atomic mass is 127. The Morgan fingerprint density at radius 3 is 2.41 bits per heavy atom. The molecule has 7 heteroatoms. The van der Waals surface area contributed by atoms with Crippen molar-refractivity contribution in [1.29, 1.82) is 0 Å². The molecule has 0 radical (unpaired) electrons. The lowest BCUT2D eigenvalue weighted by atomic mass is 10.1. The highest BCUT2D eigenvalue weighted by molar-refractivity contribution is 14.1. The fourth-order valence-corrected chi connectivity index (χ4v) is 2.52. The van der Waals surface area contributed by atoms with Gasteiger partial charge in [0, 0.05) is 26.3 Å². The molecule has 0 N–H and O–H groups in total. The van der Waals surface area contributed by atoms with Crippen molar-refractivity contribution in [2.45, 2.75) is 0 Å². The Labute approximate surface area is 139 Å². The summed E-state index contributed by atoms with van der Waals surface area (Å²) >= 11 is 1.87. The van der Waals surface area contributed by atoms with Crippen molar-refractivity contribution in [2.24, 2.45) is 7.05 Å². The number of hydrogen-bond acceptors (Lipinski definition) is 3. The highest BCUT2D eigenvalue weighted by Crippen LogP contribution is 2.29. The molecule has 0 atom stereocenters. The van der Waals surface area contributed by atoms with E-state index in [-0.39, 0.29) is 29.2 Å². The van der Waals surface area contributed by atoms with E-state index in [4.69, 9.17) is 9.47 Å². The van der Waals surface area contributed by atoms with E-state index in [1.165, 1.54) is 30.9 Å². The number of pyridine rings is 1. The van der Waals surface area contributed by atoms with E-state index in [9.17, 15) is 13.6 Å². The fraction of sp³-hybridized carbons (Fsp3) is 0.267. The molecule has 1 aromatic heterocycles. The van der Waals surface area contributed by atoms with Gasteiger partial charge in [-0.25, -0.2) is 8.78 Å². The van der Waals surface area contributed by atoms with Crippen LogP contribution >= 0.6 is 22.6 Å². The van der Waals surface area contributed by atoms with Crippen LogP contribution in [0.5, 0.6) is 5.75 Å². The topological polar surface area (TPSA) is 40.5 Å². The lowest BCUT2D eigenvalue weighted by Gasteiger charge is -2.12. The quantitative estimate of drug-likeness (QED) is 0.551. The van der Waals surface area contributed by atoms with Crippen LogP contribution in [-0.4, -0.2) is 24.9 Å². The van der Waals surface area contributed by atoms with Crippen LogP contribution in [0.15, 0.2) is 29.1 Å². The van der Waals surface area contributed by atoms with E-state index < -0.39 is 11.6 Å². The van der Waals surface area contributed by atoms with Gasteiger partial charge in [0.05, 0.1) is 21.4 Å². The summed E-state index contributed by atoms with van der Waals surface area (Å²) in [5.41, 5.74) is -0.392. The van der Waals surface area contributed by atoms with E-state index in [1.54, 1.807) is 0 Å². The van der Waals surface area contributed by atoms with Gasteiger partial charge in [-0.2, -0.15) is 0 Å². The van der Waals surface area contributed by atoms with Gasteiger partial charge in [-0.15, -0.1) is 0 Å². The predicted octanol–water partition coefficient (Wildman–Crippen LogP) is 2.96. The molecule has 0 amide bonds. The van der Waals surface area contributed by atoms with Crippen LogP contribution in [-0.2, 0) is 11.8 Å². The van der Waals surface area contributed by atoms with Crippen LogP contribution < -0.4 is 10.3 Å². The minimum atomic E-state index is -0.788. The first kappa shape index (κ1) is 16.9. The van der Waals surface area contributed by atoms with E-state index in [0.717, 1.165) is 12.1 Å². The second-order valence-corrected chi connectivity index (χ2v) is 5.70. The zero-order chi connectivity index (χ0) is 16.3. The van der Waals surface area contributed by atoms with Crippen LogP contribution in [0.25, 0.3) is 11.3 Å². The van der Waals surface area contributed by atoms with Gasteiger partial charge in [0.2, 0.25) is 0 Å². The number of hydrogen-bond donors (Lipinski definition) is 0. The first-order chi connectivity index (χ1) is 10.5.